The summed E-state index contributed by atoms with van der Waals surface area (Å²) in [5.41, 5.74) is 0.0491. The number of hydrogen-bond donors (Lipinski definition) is 1. The smallest absolute Gasteiger partial charge is 0.239 e. The van der Waals surface area contributed by atoms with E-state index in [1.807, 2.05) is 25.7 Å². The summed E-state index contributed by atoms with van der Waals surface area (Å²) in [6, 6.07) is 2.01. The Labute approximate surface area is 111 Å². The molecular formula is C14H27N3O. The molecule has 0 rings (SSSR count). The van der Waals surface area contributed by atoms with Gasteiger partial charge in [-0.25, -0.2) is 0 Å². The molecule has 0 aliphatic carbocycles. The van der Waals surface area contributed by atoms with Crippen LogP contribution in [0.25, 0.3) is 0 Å². The Hall–Kier alpha value is -1.08. The van der Waals surface area contributed by atoms with Crippen molar-refractivity contribution >= 4 is 5.91 Å². The van der Waals surface area contributed by atoms with Crippen LogP contribution in [0, 0.1) is 16.7 Å². The molecule has 104 valence electrons. The maximum Gasteiger partial charge on any atom is 0.239 e. The minimum absolute atomic E-state index is 0.0491. The molecule has 0 bridgehead atoms. The first-order chi connectivity index (χ1) is 8.37. The summed E-state index contributed by atoms with van der Waals surface area (Å²) in [6.07, 6.45) is 1.41. The standard InChI is InChI=1S/C14H27N3O/c1-6-17(7-2)13(18)12(3)16-11-14(4,5)9-8-10-15/h12,16H,6-9,11H2,1-5H3. The molecule has 0 aliphatic heterocycles. The number of nitrogens with one attached hydrogen (secondary N) is 1. The second-order valence-electron chi connectivity index (χ2n) is 5.44. The zero-order chi connectivity index (χ0) is 14.2. The topological polar surface area (TPSA) is 56.1 Å². The van der Waals surface area contributed by atoms with Crippen LogP contribution in [0.4, 0.5) is 0 Å². The van der Waals surface area contributed by atoms with Crippen LogP contribution in [0.15, 0.2) is 0 Å². The maximum atomic E-state index is 12.0. The first kappa shape index (κ1) is 16.9. The van der Waals surface area contributed by atoms with Gasteiger partial charge >= 0.3 is 0 Å². The summed E-state index contributed by atoms with van der Waals surface area (Å²) >= 11 is 0. The van der Waals surface area contributed by atoms with Gasteiger partial charge in [0.25, 0.3) is 0 Å². The van der Waals surface area contributed by atoms with E-state index in [9.17, 15) is 4.79 Å². The maximum absolute atomic E-state index is 12.0. The molecule has 0 aromatic carbocycles. The first-order valence-corrected chi connectivity index (χ1v) is 6.77. The highest BCUT2D eigenvalue weighted by molar-refractivity contribution is 5.81. The van der Waals surface area contributed by atoms with E-state index in [-0.39, 0.29) is 17.4 Å². The van der Waals surface area contributed by atoms with Gasteiger partial charge in [-0.05, 0) is 32.6 Å². The lowest BCUT2D eigenvalue weighted by atomic mass is 9.88. The van der Waals surface area contributed by atoms with Crippen LogP contribution in [0.1, 0.15) is 47.5 Å². The monoisotopic (exact) mass is 253 g/mol. The number of nitrogens with zero attached hydrogens (tertiary/aromatic N) is 2. The van der Waals surface area contributed by atoms with Gasteiger partial charge in [0.15, 0.2) is 0 Å². The quantitative estimate of drug-likeness (QED) is 0.721. The molecule has 0 saturated carbocycles. The van der Waals surface area contributed by atoms with E-state index in [1.54, 1.807) is 0 Å². The normalized spacial score (nSPS) is 12.9. The van der Waals surface area contributed by atoms with Crippen LogP contribution in [-0.4, -0.2) is 36.5 Å². The van der Waals surface area contributed by atoms with Gasteiger partial charge in [0.1, 0.15) is 0 Å². The second kappa shape index (κ2) is 8.10. The van der Waals surface area contributed by atoms with Crippen molar-refractivity contribution in [3.05, 3.63) is 0 Å². The molecule has 4 heteroatoms. The lowest BCUT2D eigenvalue weighted by Gasteiger charge is -2.28. The number of rotatable bonds is 8. The Balaban J connectivity index is 4.20. The average Bonchev–Trinajstić information content (AvgIpc) is 2.35. The van der Waals surface area contributed by atoms with Crippen LogP contribution in [0.2, 0.25) is 0 Å². The van der Waals surface area contributed by atoms with Gasteiger partial charge in [-0.2, -0.15) is 5.26 Å². The zero-order valence-electron chi connectivity index (χ0n) is 12.4. The van der Waals surface area contributed by atoms with Crippen LogP contribution in [-0.2, 0) is 4.79 Å². The second-order valence-corrected chi connectivity index (χ2v) is 5.44. The third-order valence-electron chi connectivity index (χ3n) is 3.25. The van der Waals surface area contributed by atoms with E-state index in [0.717, 1.165) is 26.1 Å². The van der Waals surface area contributed by atoms with E-state index in [4.69, 9.17) is 5.26 Å². The minimum Gasteiger partial charge on any atom is -0.342 e. The molecule has 0 aromatic heterocycles. The SMILES string of the molecule is CCN(CC)C(=O)C(C)NCC(C)(C)CCC#N. The number of nitriles is 1. The number of carbonyl (C=O) groups excluding carboxylic acids is 1. The van der Waals surface area contributed by atoms with Crippen molar-refractivity contribution in [3.8, 4) is 6.07 Å². The molecule has 1 atom stereocenters. The van der Waals surface area contributed by atoms with Gasteiger partial charge in [-0.15, -0.1) is 0 Å². The number of likely N-dealkylation sites (N-methyl/N-ethyl adjacent to an activating group) is 1. The van der Waals surface area contributed by atoms with Gasteiger partial charge in [-0.3, -0.25) is 4.79 Å². The van der Waals surface area contributed by atoms with E-state index in [0.29, 0.717) is 6.42 Å². The predicted octanol–water partition coefficient (Wildman–Crippen LogP) is 2.16. The third kappa shape index (κ3) is 6.02. The Morgan fingerprint density at radius 1 is 1.39 bits per heavy atom. The van der Waals surface area contributed by atoms with Crippen molar-refractivity contribution in [2.45, 2.75) is 53.5 Å². The molecule has 18 heavy (non-hydrogen) atoms. The van der Waals surface area contributed by atoms with Gasteiger partial charge < -0.3 is 10.2 Å². The average molecular weight is 253 g/mol. The van der Waals surface area contributed by atoms with Crippen molar-refractivity contribution < 1.29 is 4.79 Å². The number of hydrogen-bond acceptors (Lipinski definition) is 3. The van der Waals surface area contributed by atoms with Crippen LogP contribution in [0.5, 0.6) is 0 Å². The lowest BCUT2D eigenvalue weighted by Crippen LogP contribution is -2.47. The zero-order valence-corrected chi connectivity index (χ0v) is 12.4. The molecule has 0 radical (unpaired) electrons. The summed E-state index contributed by atoms with van der Waals surface area (Å²) in [5, 5.41) is 11.9. The Kier molecular flexibility index (Phi) is 7.61. The van der Waals surface area contributed by atoms with Gasteiger partial charge in [-0.1, -0.05) is 13.8 Å². The molecule has 1 N–H and O–H groups in total. The molecule has 0 aliphatic rings. The van der Waals surface area contributed by atoms with E-state index >= 15 is 0 Å². The van der Waals surface area contributed by atoms with Crippen molar-refractivity contribution in [3.63, 3.8) is 0 Å². The molecule has 1 amide bonds. The molecule has 0 spiro atoms. The van der Waals surface area contributed by atoms with Gasteiger partial charge in [0.05, 0.1) is 12.1 Å². The molecule has 0 heterocycles. The largest absolute Gasteiger partial charge is 0.342 e. The van der Waals surface area contributed by atoms with Crippen LogP contribution < -0.4 is 5.32 Å². The molecule has 0 saturated heterocycles. The Morgan fingerprint density at radius 2 is 1.94 bits per heavy atom. The molecule has 0 fully saturated rings. The van der Waals surface area contributed by atoms with Crippen molar-refractivity contribution in [1.29, 1.82) is 5.26 Å². The Morgan fingerprint density at radius 3 is 2.39 bits per heavy atom. The van der Waals surface area contributed by atoms with E-state index < -0.39 is 0 Å². The molecule has 0 aromatic rings. The summed E-state index contributed by atoms with van der Waals surface area (Å²) in [7, 11) is 0. The first-order valence-electron chi connectivity index (χ1n) is 6.77. The summed E-state index contributed by atoms with van der Waals surface area (Å²) < 4.78 is 0. The van der Waals surface area contributed by atoms with Gasteiger partial charge in [0.2, 0.25) is 5.91 Å². The fraction of sp³-hybridized carbons (Fsp3) is 0.857. The van der Waals surface area contributed by atoms with Crippen LogP contribution >= 0.6 is 0 Å². The Bertz CT molecular complexity index is 290. The molecule has 4 nitrogen and oxygen atoms in total. The van der Waals surface area contributed by atoms with E-state index in [2.05, 4.69) is 25.2 Å². The highest BCUT2D eigenvalue weighted by Gasteiger charge is 2.22. The van der Waals surface area contributed by atoms with Crippen molar-refractivity contribution in [2.24, 2.45) is 5.41 Å². The van der Waals surface area contributed by atoms with Crippen molar-refractivity contribution in [1.82, 2.24) is 10.2 Å². The number of amides is 1. The summed E-state index contributed by atoms with van der Waals surface area (Å²) in [4.78, 5) is 13.9. The number of carbonyl (C=O) groups is 1. The highest BCUT2D eigenvalue weighted by atomic mass is 16.2. The minimum atomic E-state index is -0.161. The fourth-order valence-electron chi connectivity index (χ4n) is 1.81. The van der Waals surface area contributed by atoms with Crippen molar-refractivity contribution in [2.75, 3.05) is 19.6 Å². The fourth-order valence-corrected chi connectivity index (χ4v) is 1.81. The summed E-state index contributed by atoms with van der Waals surface area (Å²) in [5.74, 6) is 0.149. The molecule has 1 unspecified atom stereocenters. The highest BCUT2D eigenvalue weighted by Crippen LogP contribution is 2.20. The predicted molar refractivity (Wildman–Crippen MR) is 74.0 cm³/mol. The van der Waals surface area contributed by atoms with Crippen LogP contribution in [0.3, 0.4) is 0 Å². The lowest BCUT2D eigenvalue weighted by molar-refractivity contribution is -0.132. The van der Waals surface area contributed by atoms with E-state index in [1.165, 1.54) is 0 Å². The third-order valence-corrected chi connectivity index (χ3v) is 3.25. The van der Waals surface area contributed by atoms with Gasteiger partial charge in [0, 0.05) is 26.1 Å². The summed E-state index contributed by atoms with van der Waals surface area (Å²) in [6.45, 7) is 12.4. The molecular weight excluding hydrogens is 226 g/mol.